The number of ether oxygens (including phenoxy) is 1. The second-order valence-corrected chi connectivity index (χ2v) is 8.05. The van der Waals surface area contributed by atoms with Gasteiger partial charge in [0.2, 0.25) is 0 Å². The number of carbonyl (C=O) groups excluding carboxylic acids is 1. The van der Waals surface area contributed by atoms with Crippen molar-refractivity contribution >= 4 is 17.2 Å². The summed E-state index contributed by atoms with van der Waals surface area (Å²) in [5, 5.41) is 5.18. The Kier molecular flexibility index (Phi) is 6.14. The van der Waals surface area contributed by atoms with Gasteiger partial charge in [0, 0.05) is 11.6 Å². The minimum atomic E-state index is 0.0597. The lowest BCUT2D eigenvalue weighted by atomic mass is 9.95. The Balaban J connectivity index is 1.51. The van der Waals surface area contributed by atoms with E-state index in [4.69, 9.17) is 4.74 Å². The van der Waals surface area contributed by atoms with Crippen LogP contribution < -0.4 is 10.1 Å². The quantitative estimate of drug-likeness (QED) is 0.740. The van der Waals surface area contributed by atoms with Crippen LogP contribution in [-0.4, -0.2) is 11.9 Å². The van der Waals surface area contributed by atoms with Gasteiger partial charge in [-0.3, -0.25) is 4.79 Å². The topological polar surface area (TPSA) is 38.3 Å². The van der Waals surface area contributed by atoms with E-state index in [0.29, 0.717) is 18.6 Å². The van der Waals surface area contributed by atoms with Crippen molar-refractivity contribution in [1.82, 2.24) is 5.32 Å². The van der Waals surface area contributed by atoms with Crippen molar-refractivity contribution in [2.24, 2.45) is 0 Å². The third-order valence-corrected chi connectivity index (χ3v) is 5.75. The van der Waals surface area contributed by atoms with Crippen molar-refractivity contribution in [3.63, 3.8) is 0 Å². The maximum atomic E-state index is 12.4. The van der Waals surface area contributed by atoms with E-state index in [1.165, 1.54) is 36.2 Å². The van der Waals surface area contributed by atoms with Gasteiger partial charge >= 0.3 is 0 Å². The number of carbonyl (C=O) groups is 1. The van der Waals surface area contributed by atoms with Crippen molar-refractivity contribution in [3.05, 3.63) is 51.7 Å². The molecule has 1 fully saturated rings. The van der Waals surface area contributed by atoms with E-state index in [1.54, 1.807) is 0 Å². The molecule has 1 aromatic carbocycles. The summed E-state index contributed by atoms with van der Waals surface area (Å²) in [4.78, 5) is 13.1. The van der Waals surface area contributed by atoms with Gasteiger partial charge in [0.25, 0.3) is 5.91 Å². The number of thiophene rings is 1. The van der Waals surface area contributed by atoms with Gasteiger partial charge in [-0.15, -0.1) is 11.3 Å². The molecule has 0 radical (unpaired) electrons. The monoisotopic (exact) mass is 357 g/mol. The van der Waals surface area contributed by atoms with E-state index < -0.39 is 0 Å². The Morgan fingerprint density at radius 1 is 1.20 bits per heavy atom. The zero-order valence-electron chi connectivity index (χ0n) is 15.1. The molecule has 1 amide bonds. The maximum Gasteiger partial charge on any atom is 0.261 e. The Labute approximate surface area is 154 Å². The van der Waals surface area contributed by atoms with Crippen molar-refractivity contribution in [2.75, 3.05) is 0 Å². The molecule has 0 aliphatic heterocycles. The molecule has 3 nitrogen and oxygen atoms in total. The molecule has 1 aromatic heterocycles. The van der Waals surface area contributed by atoms with Crippen LogP contribution in [0.25, 0.3) is 0 Å². The molecule has 1 heterocycles. The molecule has 1 aliphatic rings. The van der Waals surface area contributed by atoms with Gasteiger partial charge < -0.3 is 10.1 Å². The summed E-state index contributed by atoms with van der Waals surface area (Å²) in [7, 11) is 0. The number of benzene rings is 1. The fraction of sp³-hybridized carbons (Fsp3) is 0.476. The van der Waals surface area contributed by atoms with E-state index >= 15 is 0 Å². The first-order valence-electron chi connectivity index (χ1n) is 9.23. The zero-order chi connectivity index (χ0) is 17.6. The van der Waals surface area contributed by atoms with Crippen LogP contribution in [-0.2, 0) is 6.61 Å². The third kappa shape index (κ3) is 5.08. The number of nitrogens with one attached hydrogen (secondary N) is 1. The zero-order valence-corrected chi connectivity index (χ0v) is 15.9. The first-order chi connectivity index (χ1) is 12.1. The van der Waals surface area contributed by atoms with Gasteiger partial charge in [0.15, 0.2) is 0 Å². The first-order valence-corrected chi connectivity index (χ1v) is 10.1. The van der Waals surface area contributed by atoms with E-state index in [2.05, 4.69) is 31.3 Å². The predicted molar refractivity (Wildman–Crippen MR) is 104 cm³/mol. The highest BCUT2D eigenvalue weighted by molar-refractivity contribution is 7.12. The summed E-state index contributed by atoms with van der Waals surface area (Å²) >= 11 is 1.50. The van der Waals surface area contributed by atoms with E-state index in [9.17, 15) is 4.79 Å². The summed E-state index contributed by atoms with van der Waals surface area (Å²) < 4.78 is 5.84. The Morgan fingerprint density at radius 3 is 2.60 bits per heavy atom. The SMILES string of the molecule is CC(C)c1ccc(OCc2csc(C(=O)NC3CCCCC3)c2)cc1. The molecule has 0 saturated heterocycles. The van der Waals surface area contributed by atoms with E-state index in [-0.39, 0.29) is 5.91 Å². The number of rotatable bonds is 6. The molecule has 1 saturated carbocycles. The van der Waals surface area contributed by atoms with Crippen LogP contribution in [0.1, 0.15) is 72.7 Å². The maximum absolute atomic E-state index is 12.4. The Bertz CT molecular complexity index is 684. The first kappa shape index (κ1) is 18.0. The fourth-order valence-electron chi connectivity index (χ4n) is 3.19. The molecular formula is C21H27NO2S. The number of amides is 1. The normalized spacial score (nSPS) is 15.3. The Hall–Kier alpha value is -1.81. The lowest BCUT2D eigenvalue weighted by Crippen LogP contribution is -2.35. The highest BCUT2D eigenvalue weighted by Crippen LogP contribution is 2.22. The van der Waals surface area contributed by atoms with Gasteiger partial charge in [-0.1, -0.05) is 45.2 Å². The molecule has 0 bridgehead atoms. The molecule has 4 heteroatoms. The molecule has 0 unspecified atom stereocenters. The average Bonchev–Trinajstić information content (AvgIpc) is 3.10. The smallest absolute Gasteiger partial charge is 0.261 e. The van der Waals surface area contributed by atoms with Crippen LogP contribution in [0.2, 0.25) is 0 Å². The van der Waals surface area contributed by atoms with Gasteiger partial charge in [0.1, 0.15) is 12.4 Å². The summed E-state index contributed by atoms with van der Waals surface area (Å²) in [6, 6.07) is 10.5. The summed E-state index contributed by atoms with van der Waals surface area (Å²) in [5.74, 6) is 1.45. The summed E-state index contributed by atoms with van der Waals surface area (Å²) in [5.41, 5.74) is 2.36. The lowest BCUT2D eigenvalue weighted by molar-refractivity contribution is 0.0932. The molecule has 0 atom stereocenters. The third-order valence-electron chi connectivity index (χ3n) is 4.77. The van der Waals surface area contributed by atoms with Crippen LogP contribution in [0.15, 0.2) is 35.7 Å². The minimum absolute atomic E-state index is 0.0597. The van der Waals surface area contributed by atoms with Gasteiger partial charge in [0.05, 0.1) is 4.88 Å². The molecule has 25 heavy (non-hydrogen) atoms. The second kappa shape index (κ2) is 8.52. The van der Waals surface area contributed by atoms with Crippen molar-refractivity contribution in [2.45, 2.75) is 64.5 Å². The molecule has 3 rings (SSSR count). The highest BCUT2D eigenvalue weighted by atomic mass is 32.1. The molecule has 1 aliphatic carbocycles. The predicted octanol–water partition coefficient (Wildman–Crippen LogP) is 5.51. The molecule has 0 spiro atoms. The van der Waals surface area contributed by atoms with Crippen molar-refractivity contribution in [3.8, 4) is 5.75 Å². The Morgan fingerprint density at radius 2 is 1.92 bits per heavy atom. The van der Waals surface area contributed by atoms with Gasteiger partial charge in [-0.2, -0.15) is 0 Å². The van der Waals surface area contributed by atoms with Crippen LogP contribution >= 0.6 is 11.3 Å². The minimum Gasteiger partial charge on any atom is -0.489 e. The largest absolute Gasteiger partial charge is 0.489 e. The molecular weight excluding hydrogens is 330 g/mol. The number of hydrogen-bond acceptors (Lipinski definition) is 3. The van der Waals surface area contributed by atoms with Crippen molar-refractivity contribution in [1.29, 1.82) is 0 Å². The van der Waals surface area contributed by atoms with E-state index in [1.807, 2.05) is 23.6 Å². The fourth-order valence-corrected chi connectivity index (χ4v) is 3.99. The average molecular weight is 358 g/mol. The molecule has 134 valence electrons. The molecule has 2 aromatic rings. The highest BCUT2D eigenvalue weighted by Gasteiger charge is 2.17. The van der Waals surface area contributed by atoms with Crippen LogP contribution in [0.3, 0.4) is 0 Å². The van der Waals surface area contributed by atoms with Crippen LogP contribution in [0.5, 0.6) is 5.75 Å². The van der Waals surface area contributed by atoms with Gasteiger partial charge in [-0.25, -0.2) is 0 Å². The lowest BCUT2D eigenvalue weighted by Gasteiger charge is -2.22. The van der Waals surface area contributed by atoms with E-state index in [0.717, 1.165) is 29.0 Å². The second-order valence-electron chi connectivity index (χ2n) is 7.14. The van der Waals surface area contributed by atoms with Gasteiger partial charge in [-0.05, 0) is 47.9 Å². The standard InChI is InChI=1S/C21H27NO2S/c1-15(2)17-8-10-19(11-9-17)24-13-16-12-20(25-14-16)21(23)22-18-6-4-3-5-7-18/h8-12,14-15,18H,3-7,13H2,1-2H3,(H,22,23). The molecule has 1 N–H and O–H groups in total. The van der Waals surface area contributed by atoms with Crippen LogP contribution in [0, 0.1) is 0 Å². The number of hydrogen-bond donors (Lipinski definition) is 1. The van der Waals surface area contributed by atoms with Crippen molar-refractivity contribution < 1.29 is 9.53 Å². The summed E-state index contributed by atoms with van der Waals surface area (Å²) in [6.45, 7) is 4.86. The van der Waals surface area contributed by atoms with Crippen LogP contribution in [0.4, 0.5) is 0 Å². The summed E-state index contributed by atoms with van der Waals surface area (Å²) in [6.07, 6.45) is 5.97.